The molecule has 3 nitrogen and oxygen atoms in total. The van der Waals surface area contributed by atoms with Crippen molar-refractivity contribution in [2.45, 2.75) is 26.0 Å². The Morgan fingerprint density at radius 3 is 2.50 bits per heavy atom. The van der Waals surface area contributed by atoms with Gasteiger partial charge in [-0.25, -0.2) is 0 Å². The summed E-state index contributed by atoms with van der Waals surface area (Å²) in [4.78, 5) is 11.0. The Kier molecular flexibility index (Phi) is 2.06. The highest BCUT2D eigenvalue weighted by molar-refractivity contribution is 5.85. The standard InChI is InChI=1S/C7H13NO2/c1-4(2)6(9)7(10)5-3-8-5/h4-5,7-8,10H,3H2,1-2H3. The van der Waals surface area contributed by atoms with Gasteiger partial charge in [-0.15, -0.1) is 0 Å². The Balaban J connectivity index is 2.38. The summed E-state index contributed by atoms with van der Waals surface area (Å²) in [5, 5.41) is 12.1. The molecule has 0 saturated carbocycles. The average Bonchev–Trinajstić information content (AvgIpc) is 2.65. The van der Waals surface area contributed by atoms with Gasteiger partial charge < -0.3 is 10.4 Å². The predicted octanol–water partition coefficient (Wildman–Crippen LogP) is -0.456. The molecule has 58 valence electrons. The maximum Gasteiger partial charge on any atom is 0.165 e. The quantitative estimate of drug-likeness (QED) is 0.526. The topological polar surface area (TPSA) is 59.2 Å². The summed E-state index contributed by atoms with van der Waals surface area (Å²) >= 11 is 0. The van der Waals surface area contributed by atoms with Gasteiger partial charge in [0.25, 0.3) is 0 Å². The van der Waals surface area contributed by atoms with Crippen molar-refractivity contribution >= 4 is 5.78 Å². The summed E-state index contributed by atoms with van der Waals surface area (Å²) in [6, 6.07) is 0.0369. The minimum absolute atomic E-state index is 0.0369. The van der Waals surface area contributed by atoms with E-state index >= 15 is 0 Å². The first kappa shape index (κ1) is 7.69. The highest BCUT2D eigenvalue weighted by Gasteiger charge is 2.34. The van der Waals surface area contributed by atoms with Crippen LogP contribution in [0.2, 0.25) is 0 Å². The SMILES string of the molecule is CC(C)C(=O)C(O)C1CN1. The van der Waals surface area contributed by atoms with Crippen molar-refractivity contribution < 1.29 is 9.90 Å². The molecule has 1 rings (SSSR count). The van der Waals surface area contributed by atoms with Gasteiger partial charge in [-0.05, 0) is 0 Å². The van der Waals surface area contributed by atoms with Crippen LogP contribution in [0.15, 0.2) is 0 Å². The van der Waals surface area contributed by atoms with Crippen molar-refractivity contribution in [3.8, 4) is 0 Å². The molecule has 0 aliphatic carbocycles. The molecule has 0 aromatic carbocycles. The fourth-order valence-corrected chi connectivity index (χ4v) is 0.831. The van der Waals surface area contributed by atoms with E-state index in [1.54, 1.807) is 13.8 Å². The van der Waals surface area contributed by atoms with Crippen molar-refractivity contribution in [3.05, 3.63) is 0 Å². The van der Waals surface area contributed by atoms with Gasteiger partial charge in [-0.2, -0.15) is 0 Å². The molecule has 1 aliphatic rings. The first-order valence-electron chi connectivity index (χ1n) is 3.58. The molecule has 0 aromatic heterocycles. The largest absolute Gasteiger partial charge is 0.384 e. The third-order valence-electron chi connectivity index (χ3n) is 1.68. The summed E-state index contributed by atoms with van der Waals surface area (Å²) in [6.07, 6.45) is -0.778. The van der Waals surface area contributed by atoms with E-state index in [-0.39, 0.29) is 17.7 Å². The third-order valence-corrected chi connectivity index (χ3v) is 1.68. The van der Waals surface area contributed by atoms with Crippen LogP contribution in [0.5, 0.6) is 0 Å². The van der Waals surface area contributed by atoms with Crippen molar-refractivity contribution in [2.24, 2.45) is 5.92 Å². The van der Waals surface area contributed by atoms with E-state index in [1.165, 1.54) is 0 Å². The van der Waals surface area contributed by atoms with Crippen LogP contribution in [0.1, 0.15) is 13.8 Å². The molecule has 10 heavy (non-hydrogen) atoms. The fourth-order valence-electron chi connectivity index (χ4n) is 0.831. The van der Waals surface area contributed by atoms with Crippen LogP contribution in [-0.2, 0) is 4.79 Å². The van der Waals surface area contributed by atoms with Crippen LogP contribution in [0.3, 0.4) is 0 Å². The smallest absolute Gasteiger partial charge is 0.165 e. The number of rotatable bonds is 3. The van der Waals surface area contributed by atoms with Crippen LogP contribution >= 0.6 is 0 Å². The van der Waals surface area contributed by atoms with Crippen LogP contribution < -0.4 is 5.32 Å². The molecule has 1 saturated heterocycles. The molecule has 0 bridgehead atoms. The first-order chi connectivity index (χ1) is 4.63. The van der Waals surface area contributed by atoms with Crippen LogP contribution in [0.4, 0.5) is 0 Å². The van der Waals surface area contributed by atoms with Crippen molar-refractivity contribution in [1.82, 2.24) is 5.32 Å². The minimum atomic E-state index is -0.778. The molecule has 0 amide bonds. The van der Waals surface area contributed by atoms with Gasteiger partial charge in [0, 0.05) is 12.5 Å². The number of carbonyl (C=O) groups excluding carboxylic acids is 1. The lowest BCUT2D eigenvalue weighted by molar-refractivity contribution is -0.130. The summed E-state index contributed by atoms with van der Waals surface area (Å²) < 4.78 is 0. The van der Waals surface area contributed by atoms with Crippen LogP contribution in [0.25, 0.3) is 0 Å². The van der Waals surface area contributed by atoms with E-state index in [0.29, 0.717) is 0 Å². The zero-order valence-corrected chi connectivity index (χ0v) is 6.29. The van der Waals surface area contributed by atoms with Gasteiger partial charge in [0.05, 0.1) is 6.04 Å². The van der Waals surface area contributed by atoms with E-state index < -0.39 is 6.10 Å². The van der Waals surface area contributed by atoms with E-state index in [9.17, 15) is 9.90 Å². The van der Waals surface area contributed by atoms with Gasteiger partial charge in [0.1, 0.15) is 6.10 Å². The third kappa shape index (κ3) is 1.55. The number of ketones is 1. The Hall–Kier alpha value is -0.410. The molecule has 1 aliphatic heterocycles. The lowest BCUT2D eigenvalue weighted by Crippen LogP contribution is -2.31. The molecule has 2 atom stereocenters. The Bertz CT molecular complexity index is 141. The van der Waals surface area contributed by atoms with Gasteiger partial charge >= 0.3 is 0 Å². The summed E-state index contributed by atoms with van der Waals surface area (Å²) in [6.45, 7) is 4.38. The van der Waals surface area contributed by atoms with Gasteiger partial charge in [-0.3, -0.25) is 4.79 Å². The average molecular weight is 143 g/mol. The van der Waals surface area contributed by atoms with Crippen molar-refractivity contribution in [3.63, 3.8) is 0 Å². The molecular weight excluding hydrogens is 130 g/mol. The molecule has 1 fully saturated rings. The van der Waals surface area contributed by atoms with Gasteiger partial charge in [0.15, 0.2) is 5.78 Å². The number of hydrogen-bond donors (Lipinski definition) is 2. The number of aliphatic hydroxyl groups is 1. The minimum Gasteiger partial charge on any atom is -0.384 e. The van der Waals surface area contributed by atoms with Gasteiger partial charge in [0.2, 0.25) is 0 Å². The summed E-state index contributed by atoms with van der Waals surface area (Å²) in [5.41, 5.74) is 0. The molecule has 2 N–H and O–H groups in total. The summed E-state index contributed by atoms with van der Waals surface area (Å²) in [7, 11) is 0. The van der Waals surface area contributed by atoms with E-state index in [1.807, 2.05) is 0 Å². The van der Waals surface area contributed by atoms with E-state index in [2.05, 4.69) is 5.32 Å². The van der Waals surface area contributed by atoms with Crippen LogP contribution in [0, 0.1) is 5.92 Å². The van der Waals surface area contributed by atoms with Crippen molar-refractivity contribution in [2.75, 3.05) is 6.54 Å². The van der Waals surface area contributed by atoms with Crippen molar-refractivity contribution in [1.29, 1.82) is 0 Å². The Labute approximate surface area is 60.4 Å². The number of hydrogen-bond acceptors (Lipinski definition) is 3. The molecule has 0 aromatic rings. The first-order valence-corrected chi connectivity index (χ1v) is 3.58. The fraction of sp³-hybridized carbons (Fsp3) is 0.857. The molecule has 2 unspecified atom stereocenters. The second-order valence-electron chi connectivity index (χ2n) is 3.02. The molecular formula is C7H13NO2. The molecule has 0 radical (unpaired) electrons. The van der Waals surface area contributed by atoms with Gasteiger partial charge in [-0.1, -0.05) is 13.8 Å². The lowest BCUT2D eigenvalue weighted by Gasteiger charge is -2.08. The zero-order chi connectivity index (χ0) is 7.72. The highest BCUT2D eigenvalue weighted by atomic mass is 16.3. The number of nitrogens with one attached hydrogen (secondary N) is 1. The number of Topliss-reactive ketones (excluding diaryl/α,β-unsaturated/α-hetero) is 1. The van der Waals surface area contributed by atoms with E-state index in [0.717, 1.165) is 6.54 Å². The zero-order valence-electron chi connectivity index (χ0n) is 6.29. The summed E-state index contributed by atoms with van der Waals surface area (Å²) in [5.74, 6) is -0.118. The maximum absolute atomic E-state index is 11.0. The van der Waals surface area contributed by atoms with E-state index in [4.69, 9.17) is 0 Å². The highest BCUT2D eigenvalue weighted by Crippen LogP contribution is 2.09. The maximum atomic E-state index is 11.0. The number of carbonyl (C=O) groups is 1. The Morgan fingerprint density at radius 1 is 1.70 bits per heavy atom. The number of aliphatic hydroxyl groups excluding tert-OH is 1. The lowest BCUT2D eigenvalue weighted by atomic mass is 10.0. The Morgan fingerprint density at radius 2 is 2.20 bits per heavy atom. The monoisotopic (exact) mass is 143 g/mol. The molecule has 0 spiro atoms. The normalized spacial score (nSPS) is 26.6. The molecule has 1 heterocycles. The molecule has 3 heteroatoms. The predicted molar refractivity (Wildman–Crippen MR) is 37.6 cm³/mol. The second kappa shape index (κ2) is 2.68. The van der Waals surface area contributed by atoms with Crippen LogP contribution in [-0.4, -0.2) is 29.6 Å². The second-order valence-corrected chi connectivity index (χ2v) is 3.02.